The summed E-state index contributed by atoms with van der Waals surface area (Å²) >= 11 is 0. The van der Waals surface area contributed by atoms with E-state index in [0.717, 1.165) is 0 Å². The van der Waals surface area contributed by atoms with Crippen LogP contribution in [0.15, 0.2) is 30.3 Å². The predicted octanol–water partition coefficient (Wildman–Crippen LogP) is 1.75. The van der Waals surface area contributed by atoms with Gasteiger partial charge in [-0.2, -0.15) is 4.68 Å². The van der Waals surface area contributed by atoms with Gasteiger partial charge in [0.05, 0.1) is 29.7 Å². The molecule has 8 heteroatoms. The topological polar surface area (TPSA) is 99.3 Å². The van der Waals surface area contributed by atoms with Gasteiger partial charge in [-0.15, -0.1) is 0 Å². The van der Waals surface area contributed by atoms with Crippen LogP contribution in [0, 0.1) is 17.0 Å². The van der Waals surface area contributed by atoms with Crippen LogP contribution in [0.1, 0.15) is 5.69 Å². The molecule has 0 aliphatic rings. The number of anilines is 1. The number of hydrogen-bond acceptors (Lipinski definition) is 5. The highest BCUT2D eigenvalue weighted by Crippen LogP contribution is 2.23. The second-order valence-electron chi connectivity index (χ2n) is 4.31. The van der Waals surface area contributed by atoms with E-state index in [1.54, 1.807) is 31.2 Å². The number of carbonyl (C=O) groups excluding carboxylic acids is 1. The highest BCUT2D eigenvalue weighted by atomic mass is 16.6. The molecule has 0 spiro atoms. The van der Waals surface area contributed by atoms with E-state index < -0.39 is 4.92 Å². The smallest absolute Gasteiger partial charge is 0.390 e. The van der Waals surface area contributed by atoms with E-state index in [1.807, 2.05) is 0 Å². The fraction of sp³-hybridized carbons (Fsp3) is 0.231. The summed E-state index contributed by atoms with van der Waals surface area (Å²) in [4.78, 5) is 22.0. The minimum atomic E-state index is -0.596. The molecule has 1 N–H and O–H groups in total. The first-order valence-electron chi connectivity index (χ1n) is 6.13. The zero-order valence-corrected chi connectivity index (χ0v) is 11.6. The number of ether oxygens (including phenoxy) is 1. The van der Waals surface area contributed by atoms with Gasteiger partial charge in [0.2, 0.25) is 5.91 Å². The average molecular weight is 290 g/mol. The first-order chi connectivity index (χ1) is 10.0. The Morgan fingerprint density at radius 3 is 2.81 bits per heavy atom. The van der Waals surface area contributed by atoms with Crippen molar-refractivity contribution in [3.8, 4) is 5.75 Å². The van der Waals surface area contributed by atoms with Gasteiger partial charge in [-0.1, -0.05) is 12.1 Å². The molecule has 1 heterocycles. The molecule has 8 nitrogen and oxygen atoms in total. The van der Waals surface area contributed by atoms with Crippen molar-refractivity contribution in [3.63, 3.8) is 0 Å². The lowest BCUT2D eigenvalue weighted by Crippen LogP contribution is -2.20. The van der Waals surface area contributed by atoms with E-state index in [0.29, 0.717) is 17.1 Å². The minimum Gasteiger partial charge on any atom is -0.495 e. The van der Waals surface area contributed by atoms with E-state index >= 15 is 0 Å². The van der Waals surface area contributed by atoms with Crippen LogP contribution in [0.25, 0.3) is 0 Å². The average Bonchev–Trinajstić information content (AvgIpc) is 2.81. The van der Waals surface area contributed by atoms with Gasteiger partial charge in [0.15, 0.2) is 0 Å². The molecule has 0 fully saturated rings. The highest BCUT2D eigenvalue weighted by molar-refractivity contribution is 5.92. The SMILES string of the molecule is COc1ccccc1NC(=O)Cn1nc([N+](=O)[O-])cc1C. The van der Waals surface area contributed by atoms with E-state index in [2.05, 4.69) is 10.4 Å². The second kappa shape index (κ2) is 6.04. The van der Waals surface area contributed by atoms with Crippen molar-refractivity contribution in [2.75, 3.05) is 12.4 Å². The second-order valence-corrected chi connectivity index (χ2v) is 4.31. The van der Waals surface area contributed by atoms with Crippen LogP contribution >= 0.6 is 0 Å². The molecule has 0 bridgehead atoms. The first-order valence-corrected chi connectivity index (χ1v) is 6.13. The normalized spacial score (nSPS) is 10.2. The van der Waals surface area contributed by atoms with Crippen LogP contribution in [-0.4, -0.2) is 27.7 Å². The summed E-state index contributed by atoms with van der Waals surface area (Å²) in [7, 11) is 1.51. The highest BCUT2D eigenvalue weighted by Gasteiger charge is 2.18. The zero-order chi connectivity index (χ0) is 15.4. The zero-order valence-electron chi connectivity index (χ0n) is 11.6. The van der Waals surface area contributed by atoms with Gasteiger partial charge in [-0.05, 0) is 24.0 Å². The molecule has 0 radical (unpaired) electrons. The molecule has 0 saturated carbocycles. The molecular formula is C13H14N4O4. The lowest BCUT2D eigenvalue weighted by molar-refractivity contribution is -0.389. The van der Waals surface area contributed by atoms with Crippen LogP contribution in [0.5, 0.6) is 5.75 Å². The van der Waals surface area contributed by atoms with Crippen LogP contribution in [0.3, 0.4) is 0 Å². The number of methoxy groups -OCH3 is 1. The summed E-state index contributed by atoms with van der Waals surface area (Å²) in [5.41, 5.74) is 1.07. The van der Waals surface area contributed by atoms with Crippen molar-refractivity contribution >= 4 is 17.4 Å². The Morgan fingerprint density at radius 1 is 1.48 bits per heavy atom. The molecule has 0 aliphatic heterocycles. The van der Waals surface area contributed by atoms with Gasteiger partial charge in [0.1, 0.15) is 12.3 Å². The summed E-state index contributed by atoms with van der Waals surface area (Å²) in [5, 5.41) is 17.1. The van der Waals surface area contributed by atoms with Crippen LogP contribution in [0.2, 0.25) is 0 Å². The maximum Gasteiger partial charge on any atom is 0.390 e. The van der Waals surface area contributed by atoms with Gasteiger partial charge < -0.3 is 20.2 Å². The monoisotopic (exact) mass is 290 g/mol. The molecule has 2 aromatic rings. The van der Waals surface area contributed by atoms with Crippen molar-refractivity contribution in [3.05, 3.63) is 46.1 Å². The maximum atomic E-state index is 12.0. The van der Waals surface area contributed by atoms with Crippen molar-refractivity contribution in [2.24, 2.45) is 0 Å². The van der Waals surface area contributed by atoms with Gasteiger partial charge in [-0.3, -0.25) is 4.79 Å². The molecule has 2 rings (SSSR count). The number of hydrogen-bond donors (Lipinski definition) is 1. The Hall–Kier alpha value is -2.90. The number of nitrogens with zero attached hydrogens (tertiary/aromatic N) is 3. The number of nitrogens with one attached hydrogen (secondary N) is 1. The summed E-state index contributed by atoms with van der Waals surface area (Å²) in [5.74, 6) is -0.0905. The lowest BCUT2D eigenvalue weighted by Gasteiger charge is -2.09. The molecule has 1 aromatic carbocycles. The Balaban J connectivity index is 2.10. The third-order valence-corrected chi connectivity index (χ3v) is 2.83. The predicted molar refractivity (Wildman–Crippen MR) is 75.2 cm³/mol. The van der Waals surface area contributed by atoms with Gasteiger partial charge in [0.25, 0.3) is 0 Å². The van der Waals surface area contributed by atoms with Crippen molar-refractivity contribution in [2.45, 2.75) is 13.5 Å². The molecule has 0 atom stereocenters. The van der Waals surface area contributed by atoms with Crippen LogP contribution < -0.4 is 10.1 Å². The van der Waals surface area contributed by atoms with Crippen LogP contribution in [0.4, 0.5) is 11.5 Å². The van der Waals surface area contributed by atoms with Gasteiger partial charge in [-0.25, -0.2) is 0 Å². The standard InChI is InChI=1S/C13H14N4O4/c1-9-7-12(17(19)20)15-16(9)8-13(18)14-10-5-3-4-6-11(10)21-2/h3-7H,8H2,1-2H3,(H,14,18). The fourth-order valence-corrected chi connectivity index (χ4v) is 1.82. The molecule has 0 unspecified atom stereocenters. The minimum absolute atomic E-state index is 0.113. The van der Waals surface area contributed by atoms with Gasteiger partial charge in [0, 0.05) is 0 Å². The first kappa shape index (κ1) is 14.5. The number of para-hydroxylation sites is 2. The largest absolute Gasteiger partial charge is 0.495 e. The molecule has 110 valence electrons. The fourth-order valence-electron chi connectivity index (χ4n) is 1.82. The third kappa shape index (κ3) is 3.35. The summed E-state index contributed by atoms with van der Waals surface area (Å²) in [6.45, 7) is 1.54. The van der Waals surface area contributed by atoms with E-state index in [1.165, 1.54) is 17.9 Å². The number of carbonyl (C=O) groups is 1. The number of amides is 1. The Morgan fingerprint density at radius 2 is 2.19 bits per heavy atom. The Bertz CT molecular complexity index is 681. The Kier molecular flexibility index (Phi) is 4.17. The lowest BCUT2D eigenvalue weighted by atomic mass is 10.3. The van der Waals surface area contributed by atoms with Crippen LogP contribution in [-0.2, 0) is 11.3 Å². The molecule has 1 amide bonds. The number of benzene rings is 1. The molecule has 1 aromatic heterocycles. The number of aryl methyl sites for hydroxylation is 1. The number of rotatable bonds is 5. The Labute approximate surface area is 120 Å². The summed E-state index contributed by atoms with van der Waals surface area (Å²) in [6.07, 6.45) is 0. The summed E-state index contributed by atoms with van der Waals surface area (Å²) < 4.78 is 6.41. The molecular weight excluding hydrogens is 276 g/mol. The molecule has 0 saturated heterocycles. The quantitative estimate of drug-likeness (QED) is 0.668. The maximum absolute atomic E-state index is 12.0. The van der Waals surface area contributed by atoms with Crippen molar-refractivity contribution < 1.29 is 14.5 Å². The molecule has 21 heavy (non-hydrogen) atoms. The van der Waals surface area contributed by atoms with E-state index in [9.17, 15) is 14.9 Å². The number of aromatic nitrogens is 2. The summed E-state index contributed by atoms with van der Waals surface area (Å²) in [6, 6.07) is 8.29. The van der Waals surface area contributed by atoms with E-state index in [4.69, 9.17) is 4.74 Å². The number of nitro groups is 1. The van der Waals surface area contributed by atoms with Crippen molar-refractivity contribution in [1.82, 2.24) is 9.78 Å². The van der Waals surface area contributed by atoms with Crippen molar-refractivity contribution in [1.29, 1.82) is 0 Å². The van der Waals surface area contributed by atoms with E-state index in [-0.39, 0.29) is 18.3 Å². The third-order valence-electron chi connectivity index (χ3n) is 2.83. The molecule has 0 aliphatic carbocycles. The van der Waals surface area contributed by atoms with Gasteiger partial charge >= 0.3 is 5.82 Å².